The van der Waals surface area contributed by atoms with Crippen LogP contribution in [0.5, 0.6) is 0 Å². The van der Waals surface area contributed by atoms with Gasteiger partial charge in [-0.05, 0) is 31.0 Å². The predicted molar refractivity (Wildman–Crippen MR) is 76.7 cm³/mol. The molecule has 0 atom stereocenters. The maximum Gasteiger partial charge on any atom is 0.125 e. The van der Waals surface area contributed by atoms with Crippen LogP contribution in [-0.4, -0.2) is 29.5 Å². The van der Waals surface area contributed by atoms with Gasteiger partial charge in [-0.25, -0.2) is 4.98 Å². The molecule has 0 amide bonds. The molecule has 3 heteroatoms. The Bertz CT molecular complexity index is 341. The second-order valence-corrected chi connectivity index (χ2v) is 5.16. The summed E-state index contributed by atoms with van der Waals surface area (Å²) in [6, 6.07) is 5.03. The zero-order valence-corrected chi connectivity index (χ0v) is 11.7. The predicted octanol–water partition coefficient (Wildman–Crippen LogP) is 3.28. The Morgan fingerprint density at radius 2 is 2.06 bits per heavy atom. The fourth-order valence-electron chi connectivity index (χ4n) is 2.85. The number of nitrogens with one attached hydrogen (secondary N) is 1. The molecule has 1 fully saturated rings. The van der Waals surface area contributed by atoms with Crippen molar-refractivity contribution >= 4 is 5.82 Å². The number of hydrogen-bond acceptors (Lipinski definition) is 3. The average Bonchev–Trinajstić information content (AvgIpc) is 2.46. The summed E-state index contributed by atoms with van der Waals surface area (Å²) < 4.78 is 0. The zero-order valence-electron chi connectivity index (χ0n) is 11.7. The van der Waals surface area contributed by atoms with Crippen molar-refractivity contribution in [2.24, 2.45) is 0 Å². The first-order chi connectivity index (χ1) is 8.83. The summed E-state index contributed by atoms with van der Waals surface area (Å²) in [6.45, 7) is 4.45. The molecule has 1 heterocycles. The van der Waals surface area contributed by atoms with Crippen LogP contribution in [0.2, 0.25) is 0 Å². The van der Waals surface area contributed by atoms with Gasteiger partial charge in [-0.3, -0.25) is 4.90 Å². The fraction of sp³-hybridized carbons (Fsp3) is 0.667. The molecule has 0 bridgehead atoms. The largest absolute Gasteiger partial charge is 0.373 e. The molecule has 0 aliphatic heterocycles. The Morgan fingerprint density at radius 1 is 1.28 bits per heavy atom. The van der Waals surface area contributed by atoms with Crippen LogP contribution in [0, 0.1) is 0 Å². The summed E-state index contributed by atoms with van der Waals surface area (Å²) in [7, 11) is 1.91. The second kappa shape index (κ2) is 6.74. The van der Waals surface area contributed by atoms with E-state index in [0.29, 0.717) is 0 Å². The first-order valence-electron chi connectivity index (χ1n) is 7.20. The van der Waals surface area contributed by atoms with Crippen molar-refractivity contribution in [1.29, 1.82) is 0 Å². The lowest BCUT2D eigenvalue weighted by atomic mass is 9.94. The number of rotatable bonds is 5. The number of pyridine rings is 1. The minimum absolute atomic E-state index is 0.785. The van der Waals surface area contributed by atoms with E-state index in [4.69, 9.17) is 0 Å². The maximum atomic E-state index is 4.39. The van der Waals surface area contributed by atoms with E-state index in [1.54, 1.807) is 0 Å². The van der Waals surface area contributed by atoms with Crippen molar-refractivity contribution in [3.8, 4) is 0 Å². The Morgan fingerprint density at radius 3 is 2.61 bits per heavy atom. The van der Waals surface area contributed by atoms with E-state index in [9.17, 15) is 0 Å². The minimum atomic E-state index is 0.785. The van der Waals surface area contributed by atoms with Gasteiger partial charge in [0.15, 0.2) is 0 Å². The minimum Gasteiger partial charge on any atom is -0.373 e. The van der Waals surface area contributed by atoms with Crippen molar-refractivity contribution < 1.29 is 0 Å². The van der Waals surface area contributed by atoms with E-state index in [1.165, 1.54) is 37.7 Å². The number of aromatic nitrogens is 1. The highest BCUT2D eigenvalue weighted by Gasteiger charge is 2.19. The van der Waals surface area contributed by atoms with Gasteiger partial charge in [0, 0.05) is 25.8 Å². The van der Waals surface area contributed by atoms with Crippen LogP contribution in [0.25, 0.3) is 0 Å². The lowest BCUT2D eigenvalue weighted by Crippen LogP contribution is -2.36. The van der Waals surface area contributed by atoms with Gasteiger partial charge in [0.05, 0.1) is 0 Å². The fourth-order valence-corrected chi connectivity index (χ4v) is 2.85. The molecule has 1 aliphatic carbocycles. The second-order valence-electron chi connectivity index (χ2n) is 5.16. The van der Waals surface area contributed by atoms with Gasteiger partial charge >= 0.3 is 0 Å². The number of anilines is 1. The standard InChI is InChI=1S/C15H25N3/c1-3-18(14-7-5-4-6-8-14)12-13-9-10-15(16-2)17-11-13/h9-11,14H,3-8,12H2,1-2H3,(H,16,17). The van der Waals surface area contributed by atoms with Gasteiger partial charge in [0.25, 0.3) is 0 Å². The molecule has 0 aromatic carbocycles. The lowest BCUT2D eigenvalue weighted by Gasteiger charge is -2.33. The van der Waals surface area contributed by atoms with E-state index in [-0.39, 0.29) is 0 Å². The Kier molecular flexibility index (Phi) is 5.00. The normalized spacial score (nSPS) is 17.1. The van der Waals surface area contributed by atoms with Crippen LogP contribution in [0.15, 0.2) is 18.3 Å². The topological polar surface area (TPSA) is 28.2 Å². The molecular weight excluding hydrogens is 222 g/mol. The number of nitrogens with zero attached hydrogens (tertiary/aromatic N) is 2. The van der Waals surface area contributed by atoms with Crippen LogP contribution in [0.3, 0.4) is 0 Å². The molecule has 100 valence electrons. The summed E-state index contributed by atoms with van der Waals surface area (Å²) >= 11 is 0. The average molecular weight is 247 g/mol. The summed E-state index contributed by atoms with van der Waals surface area (Å²) in [4.78, 5) is 7.00. The Balaban J connectivity index is 1.95. The highest BCUT2D eigenvalue weighted by Crippen LogP contribution is 2.23. The SMILES string of the molecule is CCN(Cc1ccc(NC)nc1)C1CCCCC1. The van der Waals surface area contributed by atoms with Crippen LogP contribution in [0.1, 0.15) is 44.6 Å². The van der Waals surface area contributed by atoms with E-state index >= 15 is 0 Å². The molecule has 0 spiro atoms. The van der Waals surface area contributed by atoms with Gasteiger partial charge in [0.1, 0.15) is 5.82 Å². The third-order valence-electron chi connectivity index (χ3n) is 3.96. The van der Waals surface area contributed by atoms with E-state index in [0.717, 1.165) is 24.9 Å². The summed E-state index contributed by atoms with van der Waals surface area (Å²) in [5.74, 6) is 0.944. The highest BCUT2D eigenvalue weighted by molar-refractivity contribution is 5.34. The summed E-state index contributed by atoms with van der Waals surface area (Å²) in [5, 5.41) is 3.06. The van der Waals surface area contributed by atoms with Crippen molar-refractivity contribution in [2.45, 2.75) is 51.6 Å². The smallest absolute Gasteiger partial charge is 0.125 e. The molecule has 18 heavy (non-hydrogen) atoms. The molecule has 3 nitrogen and oxygen atoms in total. The molecular formula is C15H25N3. The number of hydrogen-bond donors (Lipinski definition) is 1. The van der Waals surface area contributed by atoms with Gasteiger partial charge < -0.3 is 5.32 Å². The van der Waals surface area contributed by atoms with Crippen molar-refractivity contribution in [3.63, 3.8) is 0 Å². The van der Waals surface area contributed by atoms with Crippen LogP contribution in [-0.2, 0) is 6.54 Å². The lowest BCUT2D eigenvalue weighted by molar-refractivity contribution is 0.156. The molecule has 1 N–H and O–H groups in total. The van der Waals surface area contributed by atoms with Gasteiger partial charge in [0.2, 0.25) is 0 Å². The summed E-state index contributed by atoms with van der Waals surface area (Å²) in [6.07, 6.45) is 8.96. The van der Waals surface area contributed by atoms with Gasteiger partial charge in [-0.2, -0.15) is 0 Å². The third kappa shape index (κ3) is 3.45. The summed E-state index contributed by atoms with van der Waals surface area (Å²) in [5.41, 5.74) is 1.32. The molecule has 1 aromatic heterocycles. The van der Waals surface area contributed by atoms with Crippen molar-refractivity contribution in [1.82, 2.24) is 9.88 Å². The first-order valence-corrected chi connectivity index (χ1v) is 7.20. The Hall–Kier alpha value is -1.09. The quantitative estimate of drug-likeness (QED) is 0.865. The van der Waals surface area contributed by atoms with Crippen molar-refractivity contribution in [3.05, 3.63) is 23.9 Å². The van der Waals surface area contributed by atoms with Gasteiger partial charge in [-0.15, -0.1) is 0 Å². The first kappa shape index (κ1) is 13.3. The van der Waals surface area contributed by atoms with Crippen molar-refractivity contribution in [2.75, 3.05) is 18.9 Å². The van der Waals surface area contributed by atoms with Crippen LogP contribution < -0.4 is 5.32 Å². The Labute approximate surface area is 111 Å². The van der Waals surface area contributed by atoms with E-state index in [1.807, 2.05) is 13.2 Å². The third-order valence-corrected chi connectivity index (χ3v) is 3.96. The molecule has 2 rings (SSSR count). The molecule has 0 radical (unpaired) electrons. The molecule has 1 saturated carbocycles. The van der Waals surface area contributed by atoms with Gasteiger partial charge in [-0.1, -0.05) is 32.3 Å². The maximum absolute atomic E-state index is 4.39. The van der Waals surface area contributed by atoms with Crippen LogP contribution >= 0.6 is 0 Å². The molecule has 1 aromatic rings. The monoisotopic (exact) mass is 247 g/mol. The molecule has 0 saturated heterocycles. The molecule has 0 unspecified atom stereocenters. The van der Waals surface area contributed by atoms with E-state index < -0.39 is 0 Å². The highest BCUT2D eigenvalue weighted by atomic mass is 15.1. The molecule has 1 aliphatic rings. The van der Waals surface area contributed by atoms with E-state index in [2.05, 4.69) is 34.3 Å². The van der Waals surface area contributed by atoms with Crippen LogP contribution in [0.4, 0.5) is 5.82 Å². The zero-order chi connectivity index (χ0) is 12.8.